The molecule has 1 N–H and O–H groups in total. The summed E-state index contributed by atoms with van der Waals surface area (Å²) in [5, 5.41) is 6.65. The van der Waals surface area contributed by atoms with Crippen LogP contribution in [-0.4, -0.2) is 70.8 Å². The third-order valence-corrected chi connectivity index (χ3v) is 6.54. The Bertz CT molecular complexity index is 1090. The zero-order valence-electron chi connectivity index (χ0n) is 17.2. The van der Waals surface area contributed by atoms with Gasteiger partial charge in [-0.15, -0.1) is 11.3 Å². The van der Waals surface area contributed by atoms with Gasteiger partial charge in [0.05, 0.1) is 24.3 Å². The summed E-state index contributed by atoms with van der Waals surface area (Å²) < 4.78 is 14.0. The number of aryl methyl sites for hydroxylation is 1. The fourth-order valence-electron chi connectivity index (χ4n) is 4.13. The number of fused-ring (bicyclic) bond motifs is 2. The number of hydrogen-bond donors (Lipinski definition) is 1. The Hall–Kier alpha value is -2.75. The number of nitrogens with zero attached hydrogens (tertiary/aromatic N) is 3. The SMILES string of the molecule is Cc1nc(C(=O)NC2CO[C@H]3CN(C(=O)Cn4ccc5ccccc54)C[C@@H]3OC2)cs1. The molecule has 2 saturated heterocycles. The van der Waals surface area contributed by atoms with Crippen molar-refractivity contribution in [3.8, 4) is 0 Å². The molecule has 2 amide bonds. The van der Waals surface area contributed by atoms with Gasteiger partial charge in [-0.1, -0.05) is 18.2 Å². The number of ether oxygens (including phenoxy) is 2. The predicted molar refractivity (Wildman–Crippen MR) is 116 cm³/mol. The molecule has 2 atom stereocenters. The first-order valence-corrected chi connectivity index (χ1v) is 11.2. The van der Waals surface area contributed by atoms with Crippen molar-refractivity contribution in [3.63, 3.8) is 0 Å². The van der Waals surface area contributed by atoms with Crippen molar-refractivity contribution in [2.24, 2.45) is 0 Å². The van der Waals surface area contributed by atoms with Crippen LogP contribution < -0.4 is 5.32 Å². The standard InChI is InChI=1S/C22H24N4O4S/c1-14-23-17(13-31-14)22(28)24-16-11-29-19-8-26(9-20(19)30-12-16)21(27)10-25-7-6-15-4-2-3-5-18(15)25/h2-7,13,16,19-20H,8-12H2,1H3,(H,24,28)/t19-,20-/m0/s1. The Balaban J connectivity index is 1.16. The highest BCUT2D eigenvalue weighted by Crippen LogP contribution is 2.22. The van der Waals surface area contributed by atoms with Gasteiger partial charge >= 0.3 is 0 Å². The molecular weight excluding hydrogens is 416 g/mol. The Morgan fingerprint density at radius 3 is 2.61 bits per heavy atom. The second-order valence-corrected chi connectivity index (χ2v) is 9.03. The normalized spacial score (nSPS) is 21.8. The van der Waals surface area contributed by atoms with Crippen molar-refractivity contribution < 1.29 is 19.1 Å². The van der Waals surface area contributed by atoms with Crippen LogP contribution >= 0.6 is 11.3 Å². The van der Waals surface area contributed by atoms with Crippen LogP contribution in [-0.2, 0) is 20.8 Å². The zero-order chi connectivity index (χ0) is 21.4. The fourth-order valence-corrected chi connectivity index (χ4v) is 4.72. The molecule has 1 aromatic carbocycles. The molecule has 2 aliphatic rings. The van der Waals surface area contributed by atoms with E-state index < -0.39 is 0 Å². The summed E-state index contributed by atoms with van der Waals surface area (Å²) in [4.78, 5) is 31.2. The van der Waals surface area contributed by atoms with E-state index in [-0.39, 0.29) is 30.1 Å². The molecule has 2 aliphatic heterocycles. The molecule has 4 heterocycles. The highest BCUT2D eigenvalue weighted by atomic mass is 32.1. The highest BCUT2D eigenvalue weighted by Gasteiger charge is 2.39. The van der Waals surface area contributed by atoms with Crippen LogP contribution in [0.4, 0.5) is 0 Å². The topological polar surface area (TPSA) is 85.7 Å². The van der Waals surface area contributed by atoms with Gasteiger partial charge in [0.25, 0.3) is 5.91 Å². The van der Waals surface area contributed by atoms with Crippen LogP contribution in [0.3, 0.4) is 0 Å². The van der Waals surface area contributed by atoms with E-state index in [1.165, 1.54) is 11.3 Å². The first kappa shape index (κ1) is 20.2. The lowest BCUT2D eigenvalue weighted by molar-refractivity contribution is -0.131. The fraction of sp³-hybridized carbons (Fsp3) is 0.409. The monoisotopic (exact) mass is 440 g/mol. The number of rotatable bonds is 4. The number of amides is 2. The van der Waals surface area contributed by atoms with Crippen LogP contribution in [0.15, 0.2) is 41.9 Å². The summed E-state index contributed by atoms with van der Waals surface area (Å²) in [6.07, 6.45) is 1.57. The Kier molecular flexibility index (Phi) is 5.47. The molecule has 0 bridgehead atoms. The molecule has 0 spiro atoms. The number of carbonyl (C=O) groups excluding carboxylic acids is 2. The average Bonchev–Trinajstić information content (AvgIpc) is 3.46. The molecule has 0 saturated carbocycles. The van der Waals surface area contributed by atoms with Crippen molar-refractivity contribution in [2.75, 3.05) is 26.3 Å². The summed E-state index contributed by atoms with van der Waals surface area (Å²) in [5.74, 6) is -0.172. The molecule has 0 aliphatic carbocycles. The molecule has 0 unspecified atom stereocenters. The van der Waals surface area contributed by atoms with E-state index in [4.69, 9.17) is 9.47 Å². The number of thiazole rings is 1. The van der Waals surface area contributed by atoms with Crippen LogP contribution in [0.25, 0.3) is 10.9 Å². The molecule has 8 nitrogen and oxygen atoms in total. The van der Waals surface area contributed by atoms with Crippen LogP contribution in [0, 0.1) is 6.92 Å². The van der Waals surface area contributed by atoms with Gasteiger partial charge in [0.15, 0.2) is 0 Å². The van der Waals surface area contributed by atoms with Gasteiger partial charge in [-0.3, -0.25) is 9.59 Å². The van der Waals surface area contributed by atoms with Gasteiger partial charge in [-0.2, -0.15) is 0 Å². The first-order valence-electron chi connectivity index (χ1n) is 10.3. The molecule has 3 aromatic rings. The van der Waals surface area contributed by atoms with Gasteiger partial charge in [0.1, 0.15) is 24.4 Å². The van der Waals surface area contributed by atoms with Crippen molar-refractivity contribution in [3.05, 3.63) is 52.6 Å². The van der Waals surface area contributed by atoms with Crippen LogP contribution in [0.5, 0.6) is 0 Å². The van der Waals surface area contributed by atoms with Crippen LogP contribution in [0.1, 0.15) is 15.5 Å². The number of carbonyl (C=O) groups is 2. The van der Waals surface area contributed by atoms with Crippen LogP contribution in [0.2, 0.25) is 0 Å². The maximum absolute atomic E-state index is 12.9. The van der Waals surface area contributed by atoms with E-state index in [1.54, 1.807) is 10.3 Å². The summed E-state index contributed by atoms with van der Waals surface area (Å²) in [6, 6.07) is 9.80. The van der Waals surface area contributed by atoms with E-state index in [0.717, 1.165) is 15.9 Å². The maximum Gasteiger partial charge on any atom is 0.271 e. The lowest BCUT2D eigenvalue weighted by Gasteiger charge is -2.19. The minimum Gasteiger partial charge on any atom is -0.371 e. The Labute approximate surface area is 183 Å². The number of hydrogen-bond acceptors (Lipinski definition) is 6. The quantitative estimate of drug-likeness (QED) is 0.669. The summed E-state index contributed by atoms with van der Waals surface area (Å²) >= 11 is 1.44. The number of benzene rings is 1. The van der Waals surface area contributed by atoms with Gasteiger partial charge in [0.2, 0.25) is 5.91 Å². The summed E-state index contributed by atoms with van der Waals surface area (Å²) in [6.45, 7) is 3.84. The molecular formula is C22H24N4O4S. The molecule has 9 heteroatoms. The smallest absolute Gasteiger partial charge is 0.271 e. The molecule has 2 fully saturated rings. The van der Waals surface area contributed by atoms with Crippen molar-refractivity contribution >= 4 is 34.1 Å². The van der Waals surface area contributed by atoms with Crippen molar-refractivity contribution in [1.82, 2.24) is 19.8 Å². The molecule has 2 aromatic heterocycles. The van der Waals surface area contributed by atoms with Gasteiger partial charge in [-0.05, 0) is 24.4 Å². The number of para-hydroxylation sites is 1. The first-order chi connectivity index (χ1) is 15.1. The molecule has 0 radical (unpaired) electrons. The summed E-state index contributed by atoms with van der Waals surface area (Å²) in [5.41, 5.74) is 1.46. The van der Waals surface area contributed by atoms with E-state index in [1.807, 2.05) is 48.0 Å². The van der Waals surface area contributed by atoms with E-state index in [2.05, 4.69) is 10.3 Å². The number of nitrogens with one attached hydrogen (secondary N) is 1. The van der Waals surface area contributed by atoms with E-state index in [9.17, 15) is 9.59 Å². The largest absolute Gasteiger partial charge is 0.371 e. The highest BCUT2D eigenvalue weighted by molar-refractivity contribution is 7.09. The lowest BCUT2D eigenvalue weighted by atomic mass is 10.2. The Morgan fingerprint density at radius 2 is 1.90 bits per heavy atom. The zero-order valence-corrected chi connectivity index (χ0v) is 18.0. The van der Waals surface area contributed by atoms with Crippen molar-refractivity contribution in [2.45, 2.75) is 31.7 Å². The third kappa shape index (κ3) is 4.21. The summed E-state index contributed by atoms with van der Waals surface area (Å²) in [7, 11) is 0. The molecule has 162 valence electrons. The van der Waals surface area contributed by atoms with Gasteiger partial charge < -0.3 is 24.3 Å². The van der Waals surface area contributed by atoms with Gasteiger partial charge in [0, 0.05) is 30.2 Å². The van der Waals surface area contributed by atoms with E-state index >= 15 is 0 Å². The Morgan fingerprint density at radius 1 is 1.16 bits per heavy atom. The van der Waals surface area contributed by atoms with Gasteiger partial charge in [-0.25, -0.2) is 4.98 Å². The second kappa shape index (κ2) is 8.41. The third-order valence-electron chi connectivity index (χ3n) is 5.76. The number of likely N-dealkylation sites (tertiary alicyclic amines) is 1. The van der Waals surface area contributed by atoms with E-state index in [0.29, 0.717) is 38.5 Å². The second-order valence-electron chi connectivity index (χ2n) is 7.97. The molecule has 5 rings (SSSR count). The lowest BCUT2D eigenvalue weighted by Crippen LogP contribution is -2.41. The minimum absolute atomic E-state index is 0.0466. The predicted octanol–water partition coefficient (Wildman–Crippen LogP) is 1.83. The van der Waals surface area contributed by atoms with Crippen molar-refractivity contribution in [1.29, 1.82) is 0 Å². The average molecular weight is 441 g/mol. The molecule has 31 heavy (non-hydrogen) atoms. The maximum atomic E-state index is 12.9. The minimum atomic E-state index is -0.240. The number of aromatic nitrogens is 2.